The predicted octanol–water partition coefficient (Wildman–Crippen LogP) is 2.23. The molecule has 0 aromatic heterocycles. The largest absolute Gasteiger partial charge is 0.481 e. The first-order valence-electron chi connectivity index (χ1n) is 4.87. The van der Waals surface area contributed by atoms with Gasteiger partial charge in [-0.1, -0.05) is 30.3 Å². The average Bonchev–Trinajstić information content (AvgIpc) is 2.25. The molecule has 0 heterocycles. The molecular weight excluding hydrogens is 190 g/mol. The van der Waals surface area contributed by atoms with E-state index in [0.29, 0.717) is 6.42 Å². The van der Waals surface area contributed by atoms with E-state index in [-0.39, 0.29) is 12.3 Å². The minimum atomic E-state index is -0.908. The van der Waals surface area contributed by atoms with Crippen molar-refractivity contribution in [1.29, 1.82) is 5.26 Å². The van der Waals surface area contributed by atoms with E-state index in [9.17, 15) is 4.79 Å². The van der Waals surface area contributed by atoms with Crippen molar-refractivity contribution in [2.24, 2.45) is 5.92 Å². The summed E-state index contributed by atoms with van der Waals surface area (Å²) in [4.78, 5) is 10.4. The topological polar surface area (TPSA) is 61.1 Å². The van der Waals surface area contributed by atoms with Crippen molar-refractivity contribution in [3.8, 4) is 6.07 Å². The number of nitriles is 1. The van der Waals surface area contributed by atoms with Gasteiger partial charge in [0, 0.05) is 0 Å². The molecule has 1 aromatic rings. The van der Waals surface area contributed by atoms with Crippen LogP contribution in [0.4, 0.5) is 0 Å². The molecule has 0 aliphatic heterocycles. The fourth-order valence-corrected chi connectivity index (χ4v) is 1.41. The molecule has 0 amide bonds. The predicted molar refractivity (Wildman–Crippen MR) is 56.1 cm³/mol. The third-order valence-corrected chi connectivity index (χ3v) is 2.23. The minimum Gasteiger partial charge on any atom is -0.481 e. The van der Waals surface area contributed by atoms with Gasteiger partial charge in [-0.15, -0.1) is 0 Å². The number of nitrogens with zero attached hydrogens (tertiary/aromatic N) is 1. The summed E-state index contributed by atoms with van der Waals surface area (Å²) in [5.74, 6) is -1.29. The van der Waals surface area contributed by atoms with Crippen LogP contribution in [-0.2, 0) is 11.2 Å². The third-order valence-electron chi connectivity index (χ3n) is 2.23. The molecule has 3 heteroatoms. The number of carboxylic acid groups (broad SMARTS) is 1. The van der Waals surface area contributed by atoms with Crippen molar-refractivity contribution in [3.63, 3.8) is 0 Å². The lowest BCUT2D eigenvalue weighted by Crippen LogP contribution is -2.06. The lowest BCUT2D eigenvalue weighted by molar-refractivity contribution is -0.137. The molecule has 0 aliphatic rings. The van der Waals surface area contributed by atoms with Gasteiger partial charge in [0.2, 0.25) is 0 Å². The smallest absolute Gasteiger partial charge is 0.304 e. The molecule has 0 fully saturated rings. The second-order valence-electron chi connectivity index (χ2n) is 3.45. The van der Waals surface area contributed by atoms with Gasteiger partial charge in [0.05, 0.1) is 18.4 Å². The maximum atomic E-state index is 10.4. The third kappa shape index (κ3) is 4.28. The fourth-order valence-electron chi connectivity index (χ4n) is 1.41. The van der Waals surface area contributed by atoms with Crippen molar-refractivity contribution in [2.75, 3.05) is 0 Å². The van der Waals surface area contributed by atoms with E-state index in [1.807, 2.05) is 36.4 Å². The summed E-state index contributed by atoms with van der Waals surface area (Å²) in [7, 11) is 0. The van der Waals surface area contributed by atoms with Crippen molar-refractivity contribution in [1.82, 2.24) is 0 Å². The first kappa shape index (κ1) is 11.3. The van der Waals surface area contributed by atoms with Gasteiger partial charge in [-0.25, -0.2) is 0 Å². The van der Waals surface area contributed by atoms with E-state index in [2.05, 4.69) is 0 Å². The maximum Gasteiger partial charge on any atom is 0.304 e. The Balaban J connectivity index is 2.42. The molecule has 1 aromatic carbocycles. The zero-order valence-corrected chi connectivity index (χ0v) is 8.39. The molecule has 0 bridgehead atoms. The second-order valence-corrected chi connectivity index (χ2v) is 3.45. The Hall–Kier alpha value is -1.82. The standard InChI is InChI=1S/C12H13NO2/c13-9-11(8-12(14)15)7-6-10-4-2-1-3-5-10/h1-5,11H,6-8H2,(H,14,15)/t11-/m0/s1. The minimum absolute atomic E-state index is 0.0661. The number of carbonyl (C=O) groups is 1. The summed E-state index contributed by atoms with van der Waals surface area (Å²) in [5.41, 5.74) is 1.14. The quantitative estimate of drug-likeness (QED) is 0.798. The van der Waals surface area contributed by atoms with E-state index in [0.717, 1.165) is 12.0 Å². The van der Waals surface area contributed by atoms with Gasteiger partial charge in [0.25, 0.3) is 0 Å². The fraction of sp³-hybridized carbons (Fsp3) is 0.333. The summed E-state index contributed by atoms with van der Waals surface area (Å²) in [6.45, 7) is 0. The Morgan fingerprint density at radius 1 is 1.40 bits per heavy atom. The van der Waals surface area contributed by atoms with Gasteiger partial charge in [0.1, 0.15) is 0 Å². The molecule has 0 unspecified atom stereocenters. The number of benzene rings is 1. The molecule has 0 aliphatic carbocycles. The Kier molecular flexibility index (Phi) is 4.36. The molecule has 1 atom stereocenters. The van der Waals surface area contributed by atoms with Crippen LogP contribution in [0.5, 0.6) is 0 Å². The molecule has 1 rings (SSSR count). The Morgan fingerprint density at radius 3 is 2.60 bits per heavy atom. The highest BCUT2D eigenvalue weighted by Gasteiger charge is 2.11. The van der Waals surface area contributed by atoms with E-state index in [4.69, 9.17) is 10.4 Å². The van der Waals surface area contributed by atoms with E-state index >= 15 is 0 Å². The summed E-state index contributed by atoms with van der Waals surface area (Å²) in [6.07, 6.45) is 1.29. The van der Waals surface area contributed by atoms with Crippen LogP contribution in [0.1, 0.15) is 18.4 Å². The van der Waals surface area contributed by atoms with Crippen molar-refractivity contribution in [2.45, 2.75) is 19.3 Å². The van der Waals surface area contributed by atoms with Crippen LogP contribution in [0.2, 0.25) is 0 Å². The van der Waals surface area contributed by atoms with Crippen LogP contribution < -0.4 is 0 Å². The maximum absolute atomic E-state index is 10.4. The number of hydrogen-bond donors (Lipinski definition) is 1. The van der Waals surface area contributed by atoms with Crippen LogP contribution >= 0.6 is 0 Å². The molecule has 15 heavy (non-hydrogen) atoms. The Bertz CT molecular complexity index is 354. The van der Waals surface area contributed by atoms with Crippen molar-refractivity contribution in [3.05, 3.63) is 35.9 Å². The molecule has 0 spiro atoms. The van der Waals surface area contributed by atoms with Gasteiger partial charge in [-0.2, -0.15) is 5.26 Å². The molecular formula is C12H13NO2. The Labute approximate surface area is 89.0 Å². The number of carboxylic acids is 1. The zero-order chi connectivity index (χ0) is 11.1. The van der Waals surface area contributed by atoms with E-state index < -0.39 is 5.97 Å². The highest BCUT2D eigenvalue weighted by atomic mass is 16.4. The molecule has 1 N–H and O–H groups in total. The first-order valence-corrected chi connectivity index (χ1v) is 4.87. The van der Waals surface area contributed by atoms with Gasteiger partial charge in [0.15, 0.2) is 0 Å². The number of hydrogen-bond acceptors (Lipinski definition) is 2. The summed E-state index contributed by atoms with van der Waals surface area (Å²) < 4.78 is 0. The summed E-state index contributed by atoms with van der Waals surface area (Å²) in [6, 6.07) is 11.8. The lowest BCUT2D eigenvalue weighted by Gasteiger charge is -2.05. The van der Waals surface area contributed by atoms with Gasteiger partial charge in [-0.05, 0) is 18.4 Å². The van der Waals surface area contributed by atoms with E-state index in [1.54, 1.807) is 0 Å². The first-order chi connectivity index (χ1) is 7.22. The summed E-state index contributed by atoms with van der Waals surface area (Å²) in [5, 5.41) is 17.3. The van der Waals surface area contributed by atoms with Gasteiger partial charge in [-0.3, -0.25) is 4.79 Å². The van der Waals surface area contributed by atoms with Crippen LogP contribution in [0.25, 0.3) is 0 Å². The number of aryl methyl sites for hydroxylation is 1. The van der Waals surface area contributed by atoms with E-state index in [1.165, 1.54) is 0 Å². The van der Waals surface area contributed by atoms with Crippen molar-refractivity contribution >= 4 is 5.97 Å². The normalized spacial score (nSPS) is 11.7. The van der Waals surface area contributed by atoms with Crippen LogP contribution in [-0.4, -0.2) is 11.1 Å². The monoisotopic (exact) mass is 203 g/mol. The second kappa shape index (κ2) is 5.82. The Morgan fingerprint density at radius 2 is 2.07 bits per heavy atom. The van der Waals surface area contributed by atoms with Crippen molar-refractivity contribution < 1.29 is 9.90 Å². The average molecular weight is 203 g/mol. The highest BCUT2D eigenvalue weighted by molar-refractivity contribution is 5.67. The highest BCUT2D eigenvalue weighted by Crippen LogP contribution is 2.12. The van der Waals surface area contributed by atoms with Crippen LogP contribution in [0, 0.1) is 17.2 Å². The number of rotatable bonds is 5. The lowest BCUT2D eigenvalue weighted by atomic mass is 9.98. The molecule has 3 nitrogen and oxygen atoms in total. The SMILES string of the molecule is N#C[C@@H](CCc1ccccc1)CC(=O)O. The number of aliphatic carboxylic acids is 1. The zero-order valence-electron chi connectivity index (χ0n) is 8.39. The van der Waals surface area contributed by atoms with Gasteiger partial charge < -0.3 is 5.11 Å². The van der Waals surface area contributed by atoms with Gasteiger partial charge >= 0.3 is 5.97 Å². The van der Waals surface area contributed by atoms with Crippen LogP contribution in [0.3, 0.4) is 0 Å². The van der Waals surface area contributed by atoms with Crippen LogP contribution in [0.15, 0.2) is 30.3 Å². The molecule has 0 saturated heterocycles. The molecule has 78 valence electrons. The molecule has 0 saturated carbocycles. The summed E-state index contributed by atoms with van der Waals surface area (Å²) >= 11 is 0. The molecule has 0 radical (unpaired) electrons.